The van der Waals surface area contributed by atoms with Gasteiger partial charge in [-0.15, -0.1) is 0 Å². The maximum absolute atomic E-state index is 9.62. The van der Waals surface area contributed by atoms with E-state index in [2.05, 4.69) is 17.4 Å². The van der Waals surface area contributed by atoms with Crippen LogP contribution in [-0.4, -0.2) is 31.5 Å². The fraction of sp³-hybridized carbons (Fsp3) is 0.647. The Hall–Kier alpha value is -0.610. The first-order valence-corrected chi connectivity index (χ1v) is 8.26. The van der Waals surface area contributed by atoms with Crippen molar-refractivity contribution < 1.29 is 9.84 Å². The number of ether oxygens (including phenoxy) is 1. The second kappa shape index (κ2) is 6.25. The Balaban J connectivity index is 1.78. The summed E-state index contributed by atoms with van der Waals surface area (Å²) in [5, 5.41) is 14.2. The molecule has 1 saturated heterocycles. The highest BCUT2D eigenvalue weighted by atomic mass is 35.5. The van der Waals surface area contributed by atoms with E-state index >= 15 is 0 Å². The van der Waals surface area contributed by atoms with Gasteiger partial charge in [-0.25, -0.2) is 0 Å². The largest absolute Gasteiger partial charge is 0.396 e. The molecule has 3 rings (SSSR count). The van der Waals surface area contributed by atoms with E-state index in [0.29, 0.717) is 13.2 Å². The molecule has 2 N–H and O–H groups in total. The van der Waals surface area contributed by atoms with Gasteiger partial charge in [0.2, 0.25) is 0 Å². The molecule has 0 bridgehead atoms. The van der Waals surface area contributed by atoms with Gasteiger partial charge < -0.3 is 15.2 Å². The molecule has 3 nitrogen and oxygen atoms in total. The summed E-state index contributed by atoms with van der Waals surface area (Å²) in [6.45, 7) is 2.32. The monoisotopic (exact) mass is 309 g/mol. The Morgan fingerprint density at radius 2 is 1.76 bits per heavy atom. The Kier molecular flexibility index (Phi) is 4.55. The molecule has 0 aromatic heterocycles. The number of benzene rings is 1. The molecule has 1 heterocycles. The van der Waals surface area contributed by atoms with Crippen molar-refractivity contribution in [2.75, 3.05) is 26.4 Å². The molecule has 0 radical (unpaired) electrons. The van der Waals surface area contributed by atoms with Crippen molar-refractivity contribution in [3.05, 3.63) is 34.9 Å². The summed E-state index contributed by atoms with van der Waals surface area (Å²) in [4.78, 5) is 0. The molecule has 1 saturated carbocycles. The third-order valence-electron chi connectivity index (χ3n) is 5.06. The van der Waals surface area contributed by atoms with Crippen LogP contribution >= 0.6 is 11.6 Å². The van der Waals surface area contributed by atoms with Gasteiger partial charge in [0.25, 0.3) is 0 Å². The maximum Gasteiger partial charge on any atom is 0.0579 e. The quantitative estimate of drug-likeness (QED) is 0.878. The van der Waals surface area contributed by atoms with Gasteiger partial charge in [0.15, 0.2) is 0 Å². The molecule has 1 aliphatic carbocycles. The van der Waals surface area contributed by atoms with Crippen molar-refractivity contribution in [2.24, 2.45) is 5.41 Å². The van der Waals surface area contributed by atoms with E-state index in [1.807, 2.05) is 12.1 Å². The number of rotatable bonds is 5. The van der Waals surface area contributed by atoms with Crippen LogP contribution in [0.2, 0.25) is 5.02 Å². The molecule has 2 aliphatic rings. The van der Waals surface area contributed by atoms with E-state index in [0.717, 1.165) is 24.4 Å². The van der Waals surface area contributed by atoms with E-state index in [4.69, 9.17) is 16.3 Å². The lowest BCUT2D eigenvalue weighted by atomic mass is 9.75. The Morgan fingerprint density at radius 1 is 1.10 bits per heavy atom. The minimum absolute atomic E-state index is 0.0284. The van der Waals surface area contributed by atoms with Crippen molar-refractivity contribution >= 4 is 11.6 Å². The molecule has 0 unspecified atom stereocenters. The van der Waals surface area contributed by atoms with E-state index < -0.39 is 0 Å². The second-order valence-corrected chi connectivity index (χ2v) is 7.09. The molecule has 21 heavy (non-hydrogen) atoms. The van der Waals surface area contributed by atoms with Gasteiger partial charge >= 0.3 is 0 Å². The molecule has 2 fully saturated rings. The van der Waals surface area contributed by atoms with Crippen LogP contribution in [0.3, 0.4) is 0 Å². The minimum Gasteiger partial charge on any atom is -0.396 e. The minimum atomic E-state index is -0.0864. The van der Waals surface area contributed by atoms with Gasteiger partial charge in [0.05, 0.1) is 25.2 Å². The van der Waals surface area contributed by atoms with Crippen molar-refractivity contribution in [3.63, 3.8) is 0 Å². The van der Waals surface area contributed by atoms with Crippen LogP contribution in [-0.2, 0) is 10.3 Å². The predicted molar refractivity (Wildman–Crippen MR) is 84.6 cm³/mol. The van der Waals surface area contributed by atoms with Crippen LogP contribution in [0.5, 0.6) is 0 Å². The SMILES string of the molecule is OCC1(CNC2(c3ccc(Cl)cc3)CCCCC2)COC1. The standard InChI is InChI=1S/C17H24ClNO2/c18-15-6-4-14(5-7-15)17(8-2-1-3-9-17)19-10-16(11-20)12-21-13-16/h4-7,19-20H,1-3,8-13H2. The summed E-state index contributed by atoms with van der Waals surface area (Å²) in [5.74, 6) is 0. The van der Waals surface area contributed by atoms with Crippen LogP contribution in [0.4, 0.5) is 0 Å². The van der Waals surface area contributed by atoms with Crippen molar-refractivity contribution in [3.8, 4) is 0 Å². The van der Waals surface area contributed by atoms with Gasteiger partial charge in [-0.2, -0.15) is 0 Å². The third kappa shape index (κ3) is 3.11. The zero-order valence-electron chi connectivity index (χ0n) is 12.4. The third-order valence-corrected chi connectivity index (χ3v) is 5.31. The lowest BCUT2D eigenvalue weighted by molar-refractivity contribution is -0.137. The molecular formula is C17H24ClNO2. The van der Waals surface area contributed by atoms with Crippen molar-refractivity contribution in [2.45, 2.75) is 37.6 Å². The first-order valence-electron chi connectivity index (χ1n) is 7.88. The smallest absolute Gasteiger partial charge is 0.0579 e. The highest BCUT2D eigenvalue weighted by Gasteiger charge is 2.41. The van der Waals surface area contributed by atoms with Crippen molar-refractivity contribution in [1.82, 2.24) is 5.32 Å². The van der Waals surface area contributed by atoms with Crippen LogP contribution in [0.1, 0.15) is 37.7 Å². The van der Waals surface area contributed by atoms with E-state index in [1.165, 1.54) is 24.8 Å². The van der Waals surface area contributed by atoms with Gasteiger partial charge in [-0.3, -0.25) is 0 Å². The summed E-state index contributed by atoms with van der Waals surface area (Å²) in [7, 11) is 0. The topological polar surface area (TPSA) is 41.5 Å². The first kappa shape index (κ1) is 15.3. The Morgan fingerprint density at radius 3 is 2.29 bits per heavy atom. The normalized spacial score (nSPS) is 23.5. The molecule has 116 valence electrons. The highest BCUT2D eigenvalue weighted by Crippen LogP contribution is 2.39. The molecule has 1 aromatic carbocycles. The molecule has 0 atom stereocenters. The van der Waals surface area contributed by atoms with Crippen LogP contribution < -0.4 is 5.32 Å². The van der Waals surface area contributed by atoms with E-state index in [-0.39, 0.29) is 17.6 Å². The predicted octanol–water partition coefficient (Wildman–Crippen LogP) is 3.10. The average molecular weight is 310 g/mol. The number of halogens is 1. The molecule has 0 amide bonds. The Labute approximate surface area is 131 Å². The first-order chi connectivity index (χ1) is 10.2. The number of hydrogen-bond donors (Lipinski definition) is 2. The summed E-state index contributed by atoms with van der Waals surface area (Å²) in [5.41, 5.74) is 1.26. The maximum atomic E-state index is 9.62. The van der Waals surface area contributed by atoms with Gasteiger partial charge in [-0.1, -0.05) is 43.0 Å². The number of nitrogens with one attached hydrogen (secondary N) is 1. The number of aliphatic hydroxyl groups excluding tert-OH is 1. The highest BCUT2D eigenvalue weighted by molar-refractivity contribution is 6.30. The molecule has 1 aromatic rings. The summed E-state index contributed by atoms with van der Waals surface area (Å²) < 4.78 is 5.31. The summed E-state index contributed by atoms with van der Waals surface area (Å²) in [6, 6.07) is 8.24. The molecular weight excluding hydrogens is 286 g/mol. The molecule has 4 heteroatoms. The van der Waals surface area contributed by atoms with Gasteiger partial charge in [-0.05, 0) is 30.5 Å². The van der Waals surface area contributed by atoms with E-state index in [1.54, 1.807) is 0 Å². The fourth-order valence-electron chi connectivity index (χ4n) is 3.49. The summed E-state index contributed by atoms with van der Waals surface area (Å²) >= 11 is 6.03. The lowest BCUT2D eigenvalue weighted by Gasteiger charge is -2.45. The van der Waals surface area contributed by atoms with Crippen LogP contribution in [0.15, 0.2) is 24.3 Å². The van der Waals surface area contributed by atoms with Gasteiger partial charge in [0, 0.05) is 17.1 Å². The number of aliphatic hydroxyl groups is 1. The number of hydrogen-bond acceptors (Lipinski definition) is 3. The molecule has 1 aliphatic heterocycles. The zero-order chi connectivity index (χ0) is 14.8. The fourth-order valence-corrected chi connectivity index (χ4v) is 3.61. The van der Waals surface area contributed by atoms with Crippen molar-refractivity contribution in [1.29, 1.82) is 0 Å². The van der Waals surface area contributed by atoms with Gasteiger partial charge in [0.1, 0.15) is 0 Å². The summed E-state index contributed by atoms with van der Waals surface area (Å²) in [6.07, 6.45) is 6.11. The van der Waals surface area contributed by atoms with E-state index in [9.17, 15) is 5.11 Å². The Bertz CT molecular complexity index is 459. The zero-order valence-corrected chi connectivity index (χ0v) is 13.2. The van der Waals surface area contributed by atoms with Crippen LogP contribution in [0.25, 0.3) is 0 Å². The molecule has 0 spiro atoms. The lowest BCUT2D eigenvalue weighted by Crippen LogP contribution is -2.56. The average Bonchev–Trinajstić information content (AvgIpc) is 2.48. The van der Waals surface area contributed by atoms with Crippen LogP contribution in [0, 0.1) is 5.41 Å². The second-order valence-electron chi connectivity index (χ2n) is 6.65.